The van der Waals surface area contributed by atoms with Crippen LogP contribution in [-0.4, -0.2) is 30.6 Å². The standard InChI is InChI=1S/C12H18N2O3/c15-10(11-2-1-7-17-11)8-13-5-6-14-12(16)9-3-4-9/h1-2,7,9-10,13,15H,3-6,8H2,(H,14,16). The Morgan fingerprint density at radius 2 is 2.35 bits per heavy atom. The summed E-state index contributed by atoms with van der Waals surface area (Å²) in [6.45, 7) is 1.67. The molecular formula is C12H18N2O3. The monoisotopic (exact) mass is 238 g/mol. The van der Waals surface area contributed by atoms with Gasteiger partial charge in [-0.25, -0.2) is 0 Å². The summed E-state index contributed by atoms with van der Waals surface area (Å²) >= 11 is 0. The molecule has 0 aromatic carbocycles. The molecule has 5 nitrogen and oxygen atoms in total. The van der Waals surface area contributed by atoms with Gasteiger partial charge in [0.1, 0.15) is 11.9 Å². The Bertz CT molecular complexity index is 347. The van der Waals surface area contributed by atoms with E-state index in [1.807, 2.05) is 0 Å². The molecule has 0 aliphatic heterocycles. The van der Waals surface area contributed by atoms with E-state index in [4.69, 9.17) is 4.42 Å². The van der Waals surface area contributed by atoms with Crippen molar-refractivity contribution in [3.8, 4) is 0 Å². The van der Waals surface area contributed by atoms with Crippen molar-refractivity contribution in [2.24, 2.45) is 5.92 Å². The fourth-order valence-corrected chi connectivity index (χ4v) is 1.58. The van der Waals surface area contributed by atoms with Gasteiger partial charge in [-0.15, -0.1) is 0 Å². The minimum Gasteiger partial charge on any atom is -0.467 e. The molecule has 0 spiro atoms. The predicted molar refractivity (Wildman–Crippen MR) is 62.3 cm³/mol. The molecule has 1 aromatic rings. The zero-order valence-corrected chi connectivity index (χ0v) is 9.69. The zero-order chi connectivity index (χ0) is 12.1. The SMILES string of the molecule is O=C(NCCNCC(O)c1ccco1)C1CC1. The Morgan fingerprint density at radius 1 is 1.53 bits per heavy atom. The van der Waals surface area contributed by atoms with Crippen molar-refractivity contribution < 1.29 is 14.3 Å². The maximum absolute atomic E-state index is 11.3. The largest absolute Gasteiger partial charge is 0.467 e. The number of carbonyl (C=O) groups is 1. The highest BCUT2D eigenvalue weighted by Crippen LogP contribution is 2.28. The van der Waals surface area contributed by atoms with Gasteiger partial charge < -0.3 is 20.2 Å². The number of rotatable bonds is 7. The molecule has 94 valence electrons. The van der Waals surface area contributed by atoms with Gasteiger partial charge in [-0.1, -0.05) is 0 Å². The second-order valence-electron chi connectivity index (χ2n) is 4.30. The Morgan fingerprint density at radius 3 is 3.00 bits per heavy atom. The van der Waals surface area contributed by atoms with E-state index in [9.17, 15) is 9.90 Å². The Kier molecular flexibility index (Phi) is 4.17. The van der Waals surface area contributed by atoms with Gasteiger partial charge in [0.15, 0.2) is 0 Å². The van der Waals surface area contributed by atoms with Crippen LogP contribution in [0.1, 0.15) is 24.7 Å². The van der Waals surface area contributed by atoms with Crippen molar-refractivity contribution in [1.82, 2.24) is 10.6 Å². The van der Waals surface area contributed by atoms with E-state index < -0.39 is 6.10 Å². The molecule has 0 radical (unpaired) electrons. The highest BCUT2D eigenvalue weighted by Gasteiger charge is 2.28. The molecule has 1 atom stereocenters. The fourth-order valence-electron chi connectivity index (χ4n) is 1.58. The Labute approximate surface area is 100 Å². The number of furan rings is 1. The number of amides is 1. The van der Waals surface area contributed by atoms with Gasteiger partial charge in [0.2, 0.25) is 5.91 Å². The summed E-state index contributed by atoms with van der Waals surface area (Å²) in [6.07, 6.45) is 2.95. The molecule has 1 unspecified atom stereocenters. The van der Waals surface area contributed by atoms with E-state index in [0.717, 1.165) is 12.8 Å². The van der Waals surface area contributed by atoms with Crippen molar-refractivity contribution in [3.05, 3.63) is 24.2 Å². The predicted octanol–water partition coefficient (Wildman–Crippen LogP) is 0.429. The van der Waals surface area contributed by atoms with Crippen molar-refractivity contribution in [2.45, 2.75) is 18.9 Å². The lowest BCUT2D eigenvalue weighted by Crippen LogP contribution is -2.34. The topological polar surface area (TPSA) is 74.5 Å². The van der Waals surface area contributed by atoms with Gasteiger partial charge in [-0.05, 0) is 25.0 Å². The Balaban J connectivity index is 1.52. The van der Waals surface area contributed by atoms with Crippen LogP contribution in [0.3, 0.4) is 0 Å². The lowest BCUT2D eigenvalue weighted by Gasteiger charge is -2.09. The van der Waals surface area contributed by atoms with Crippen molar-refractivity contribution >= 4 is 5.91 Å². The van der Waals surface area contributed by atoms with Gasteiger partial charge in [-0.3, -0.25) is 4.79 Å². The zero-order valence-electron chi connectivity index (χ0n) is 9.69. The third kappa shape index (κ3) is 3.87. The molecule has 1 amide bonds. The first-order chi connectivity index (χ1) is 8.27. The second kappa shape index (κ2) is 5.84. The maximum atomic E-state index is 11.3. The number of aliphatic hydroxyl groups excluding tert-OH is 1. The summed E-state index contributed by atoms with van der Waals surface area (Å²) in [5.41, 5.74) is 0. The van der Waals surface area contributed by atoms with E-state index in [1.54, 1.807) is 12.1 Å². The van der Waals surface area contributed by atoms with Crippen molar-refractivity contribution in [2.75, 3.05) is 19.6 Å². The quantitative estimate of drug-likeness (QED) is 0.602. The summed E-state index contributed by atoms with van der Waals surface area (Å²) in [5, 5.41) is 15.6. The van der Waals surface area contributed by atoms with E-state index in [1.165, 1.54) is 6.26 Å². The first-order valence-electron chi connectivity index (χ1n) is 5.97. The van der Waals surface area contributed by atoms with Crippen LogP contribution in [0, 0.1) is 5.92 Å². The highest BCUT2D eigenvalue weighted by atomic mass is 16.4. The molecule has 17 heavy (non-hydrogen) atoms. The van der Waals surface area contributed by atoms with Crippen LogP contribution >= 0.6 is 0 Å². The molecule has 1 aromatic heterocycles. The van der Waals surface area contributed by atoms with Gasteiger partial charge in [0.25, 0.3) is 0 Å². The van der Waals surface area contributed by atoms with E-state index in [0.29, 0.717) is 25.4 Å². The molecule has 5 heteroatoms. The first-order valence-corrected chi connectivity index (χ1v) is 5.97. The highest BCUT2D eigenvalue weighted by molar-refractivity contribution is 5.80. The third-order valence-electron chi connectivity index (χ3n) is 2.76. The van der Waals surface area contributed by atoms with E-state index in [2.05, 4.69) is 10.6 Å². The van der Waals surface area contributed by atoms with Crippen LogP contribution in [0.2, 0.25) is 0 Å². The van der Waals surface area contributed by atoms with Crippen molar-refractivity contribution in [3.63, 3.8) is 0 Å². The molecule has 2 rings (SSSR count). The average Bonchev–Trinajstić information content (AvgIpc) is 3.03. The normalized spacial score (nSPS) is 16.8. The maximum Gasteiger partial charge on any atom is 0.223 e. The Hall–Kier alpha value is -1.33. The summed E-state index contributed by atoms with van der Waals surface area (Å²) in [7, 11) is 0. The second-order valence-corrected chi connectivity index (χ2v) is 4.30. The van der Waals surface area contributed by atoms with Crippen molar-refractivity contribution in [1.29, 1.82) is 0 Å². The van der Waals surface area contributed by atoms with Crippen LogP contribution in [0.4, 0.5) is 0 Å². The third-order valence-corrected chi connectivity index (χ3v) is 2.76. The lowest BCUT2D eigenvalue weighted by molar-refractivity contribution is -0.122. The summed E-state index contributed by atoms with van der Waals surface area (Å²) in [5.74, 6) is 0.960. The summed E-state index contributed by atoms with van der Waals surface area (Å²) in [4.78, 5) is 11.3. The van der Waals surface area contributed by atoms with Crippen LogP contribution in [-0.2, 0) is 4.79 Å². The summed E-state index contributed by atoms with van der Waals surface area (Å²) < 4.78 is 5.07. The molecule has 1 fully saturated rings. The minimum absolute atomic E-state index is 0.151. The van der Waals surface area contributed by atoms with E-state index in [-0.39, 0.29) is 11.8 Å². The van der Waals surface area contributed by atoms with Gasteiger partial charge in [-0.2, -0.15) is 0 Å². The lowest BCUT2D eigenvalue weighted by atomic mass is 10.3. The molecule has 0 bridgehead atoms. The van der Waals surface area contributed by atoms with Crippen LogP contribution in [0.25, 0.3) is 0 Å². The minimum atomic E-state index is -0.635. The van der Waals surface area contributed by atoms with Crippen LogP contribution < -0.4 is 10.6 Å². The average molecular weight is 238 g/mol. The number of carbonyl (C=O) groups excluding carboxylic acids is 1. The molecule has 1 aliphatic rings. The molecule has 1 saturated carbocycles. The molecule has 1 aliphatic carbocycles. The number of nitrogens with one attached hydrogen (secondary N) is 2. The van der Waals surface area contributed by atoms with Gasteiger partial charge in [0.05, 0.1) is 6.26 Å². The summed E-state index contributed by atoms with van der Waals surface area (Å²) in [6, 6.07) is 3.48. The molecular weight excluding hydrogens is 220 g/mol. The van der Waals surface area contributed by atoms with Gasteiger partial charge >= 0.3 is 0 Å². The molecule has 0 saturated heterocycles. The van der Waals surface area contributed by atoms with Gasteiger partial charge in [0, 0.05) is 25.6 Å². The first kappa shape index (κ1) is 12.1. The number of aliphatic hydroxyl groups is 1. The molecule has 1 heterocycles. The van der Waals surface area contributed by atoms with E-state index >= 15 is 0 Å². The van der Waals surface area contributed by atoms with Crippen LogP contribution in [0.5, 0.6) is 0 Å². The number of hydrogen-bond acceptors (Lipinski definition) is 4. The fraction of sp³-hybridized carbons (Fsp3) is 0.583. The van der Waals surface area contributed by atoms with Crippen LogP contribution in [0.15, 0.2) is 22.8 Å². The molecule has 3 N–H and O–H groups in total. The smallest absolute Gasteiger partial charge is 0.223 e. The number of hydrogen-bond donors (Lipinski definition) is 3.